The molecule has 2 aromatic carbocycles. The summed E-state index contributed by atoms with van der Waals surface area (Å²) < 4.78 is 11.2. The van der Waals surface area contributed by atoms with Crippen molar-refractivity contribution in [3.05, 3.63) is 74.9 Å². The summed E-state index contributed by atoms with van der Waals surface area (Å²) in [5.74, 6) is 0.363. The van der Waals surface area contributed by atoms with E-state index in [4.69, 9.17) is 20.8 Å². The Morgan fingerprint density at radius 1 is 1.12 bits per heavy atom. The zero-order chi connectivity index (χ0) is 17.6. The van der Waals surface area contributed by atoms with Gasteiger partial charge in [-0.3, -0.25) is 4.79 Å². The standard InChI is InChI=1S/C19H12ClNO4/c1-24-13-8-4-10-5-9-14(22)21-16-15(10)18(13)25-19(16)17(23)11-2-6-12(20)7-3-11/h2-9,23H,1H3/b19-17-. The van der Waals surface area contributed by atoms with Crippen molar-refractivity contribution in [2.75, 3.05) is 7.11 Å². The summed E-state index contributed by atoms with van der Waals surface area (Å²) in [5, 5.41) is 12.6. The number of hydrogen-bond acceptors (Lipinski definition) is 5. The number of halogens is 1. The van der Waals surface area contributed by atoms with Crippen molar-refractivity contribution in [2.24, 2.45) is 0 Å². The van der Waals surface area contributed by atoms with Gasteiger partial charge in [-0.1, -0.05) is 17.7 Å². The molecule has 4 rings (SSSR count). The lowest BCUT2D eigenvalue weighted by atomic mass is 10.1. The molecule has 0 spiro atoms. The van der Waals surface area contributed by atoms with Gasteiger partial charge in [-0.2, -0.15) is 0 Å². The van der Waals surface area contributed by atoms with Gasteiger partial charge in [-0.15, -0.1) is 0 Å². The number of nitrogens with zero attached hydrogens (tertiary/aromatic N) is 1. The highest BCUT2D eigenvalue weighted by Crippen LogP contribution is 2.31. The van der Waals surface area contributed by atoms with Crippen LogP contribution in [0.2, 0.25) is 5.02 Å². The Morgan fingerprint density at radius 3 is 2.56 bits per heavy atom. The second-order valence-electron chi connectivity index (χ2n) is 5.48. The van der Waals surface area contributed by atoms with Gasteiger partial charge in [-0.05, 0) is 41.8 Å². The van der Waals surface area contributed by atoms with E-state index in [0.717, 1.165) is 5.39 Å². The van der Waals surface area contributed by atoms with Crippen LogP contribution in [0.25, 0.3) is 27.6 Å². The molecular formula is C19H12ClNO4. The molecule has 0 bridgehead atoms. The Labute approximate surface area is 146 Å². The molecule has 0 atom stereocenters. The van der Waals surface area contributed by atoms with Crippen LogP contribution in [0, 0.1) is 0 Å². The third-order valence-corrected chi connectivity index (χ3v) is 4.24. The fourth-order valence-electron chi connectivity index (χ4n) is 2.80. The van der Waals surface area contributed by atoms with Crippen LogP contribution in [0.4, 0.5) is 0 Å². The molecule has 2 aromatic heterocycles. The Morgan fingerprint density at radius 2 is 1.84 bits per heavy atom. The Balaban J connectivity index is 2.22. The predicted molar refractivity (Wildman–Crippen MR) is 96.1 cm³/mol. The number of hydrogen-bond donors (Lipinski definition) is 1. The Kier molecular flexibility index (Phi) is 3.58. The molecule has 6 heteroatoms. The molecule has 0 unspecified atom stereocenters. The molecule has 0 saturated carbocycles. The van der Waals surface area contributed by atoms with Crippen LogP contribution in [0.15, 0.2) is 57.7 Å². The predicted octanol–water partition coefficient (Wildman–Crippen LogP) is 3.44. The molecule has 25 heavy (non-hydrogen) atoms. The van der Waals surface area contributed by atoms with E-state index in [-0.39, 0.29) is 16.7 Å². The van der Waals surface area contributed by atoms with E-state index in [2.05, 4.69) is 4.98 Å². The Hall–Kier alpha value is -3.05. The van der Waals surface area contributed by atoms with Crippen LogP contribution in [-0.2, 0) is 0 Å². The molecule has 2 heterocycles. The van der Waals surface area contributed by atoms with E-state index >= 15 is 0 Å². The highest BCUT2D eigenvalue weighted by molar-refractivity contribution is 6.30. The SMILES string of the molecule is COc1ccc2ccc(=O)nc3/c(=C(/O)c4ccc(Cl)cc4)oc1c23. The fraction of sp³-hybridized carbons (Fsp3) is 0.0526. The van der Waals surface area contributed by atoms with Crippen molar-refractivity contribution in [1.29, 1.82) is 0 Å². The average molecular weight is 354 g/mol. The van der Waals surface area contributed by atoms with Crippen LogP contribution < -0.4 is 15.7 Å². The highest BCUT2D eigenvalue weighted by atomic mass is 35.5. The highest BCUT2D eigenvalue weighted by Gasteiger charge is 2.17. The van der Waals surface area contributed by atoms with E-state index in [1.165, 1.54) is 13.2 Å². The topological polar surface area (TPSA) is 72.6 Å². The summed E-state index contributed by atoms with van der Waals surface area (Å²) in [7, 11) is 1.52. The molecule has 0 amide bonds. The summed E-state index contributed by atoms with van der Waals surface area (Å²) in [6, 6.07) is 13.2. The molecule has 0 aliphatic heterocycles. The maximum Gasteiger partial charge on any atom is 0.270 e. The molecule has 124 valence electrons. The number of furan rings is 1. The second kappa shape index (κ2) is 5.79. The van der Waals surface area contributed by atoms with E-state index in [0.29, 0.717) is 27.3 Å². The zero-order valence-electron chi connectivity index (χ0n) is 13.1. The maximum atomic E-state index is 12.0. The third-order valence-electron chi connectivity index (χ3n) is 3.99. The minimum atomic E-state index is -0.428. The number of aliphatic hydroxyl groups excluding tert-OH is 1. The minimum Gasteiger partial charge on any atom is -0.504 e. The quantitative estimate of drug-likeness (QED) is 0.597. The van der Waals surface area contributed by atoms with Crippen molar-refractivity contribution >= 4 is 39.2 Å². The second-order valence-corrected chi connectivity index (χ2v) is 5.92. The van der Waals surface area contributed by atoms with Gasteiger partial charge in [0.05, 0.1) is 12.5 Å². The normalized spacial score (nSPS) is 12.6. The first-order valence-electron chi connectivity index (χ1n) is 7.48. The smallest absolute Gasteiger partial charge is 0.270 e. The van der Waals surface area contributed by atoms with Gasteiger partial charge in [-0.25, -0.2) is 4.98 Å². The third kappa shape index (κ3) is 2.49. The van der Waals surface area contributed by atoms with Crippen molar-refractivity contribution in [3.63, 3.8) is 0 Å². The van der Waals surface area contributed by atoms with Crippen LogP contribution >= 0.6 is 11.6 Å². The van der Waals surface area contributed by atoms with Gasteiger partial charge >= 0.3 is 0 Å². The van der Waals surface area contributed by atoms with Crippen molar-refractivity contribution in [1.82, 2.24) is 4.98 Å². The Bertz CT molecular complexity index is 1210. The van der Waals surface area contributed by atoms with Gasteiger partial charge in [0.15, 0.2) is 22.5 Å². The molecule has 5 nitrogen and oxygen atoms in total. The van der Waals surface area contributed by atoms with Crippen molar-refractivity contribution in [2.45, 2.75) is 0 Å². The molecule has 0 aliphatic rings. The van der Waals surface area contributed by atoms with E-state index < -0.39 is 5.56 Å². The number of rotatable bonds is 2. The van der Waals surface area contributed by atoms with Gasteiger partial charge in [0.1, 0.15) is 5.52 Å². The minimum absolute atomic E-state index is 0.111. The average Bonchev–Trinajstić information content (AvgIpc) is 2.90. The van der Waals surface area contributed by atoms with Gasteiger partial charge in [0.2, 0.25) is 0 Å². The lowest BCUT2D eigenvalue weighted by Gasteiger charge is -2.00. The number of aromatic nitrogens is 1. The van der Waals surface area contributed by atoms with Gasteiger partial charge in [0, 0.05) is 16.7 Å². The van der Waals surface area contributed by atoms with Gasteiger partial charge < -0.3 is 14.3 Å². The molecule has 0 radical (unpaired) electrons. The molecule has 4 aromatic rings. The van der Waals surface area contributed by atoms with Gasteiger partial charge in [0.25, 0.3) is 5.56 Å². The van der Waals surface area contributed by atoms with E-state index in [9.17, 15) is 9.90 Å². The first-order chi connectivity index (χ1) is 12.1. The zero-order valence-corrected chi connectivity index (χ0v) is 13.9. The van der Waals surface area contributed by atoms with Crippen LogP contribution in [0.5, 0.6) is 5.75 Å². The molecule has 0 aliphatic carbocycles. The fourth-order valence-corrected chi connectivity index (χ4v) is 2.93. The van der Waals surface area contributed by atoms with Crippen LogP contribution in [-0.4, -0.2) is 17.2 Å². The summed E-state index contributed by atoms with van der Waals surface area (Å²) in [6.07, 6.45) is 0. The summed E-state index contributed by atoms with van der Waals surface area (Å²) >= 11 is 5.89. The number of ether oxygens (including phenoxy) is 1. The van der Waals surface area contributed by atoms with E-state index in [1.807, 2.05) is 6.07 Å². The first-order valence-corrected chi connectivity index (χ1v) is 7.86. The van der Waals surface area contributed by atoms with E-state index in [1.54, 1.807) is 36.4 Å². The largest absolute Gasteiger partial charge is 0.504 e. The lowest BCUT2D eigenvalue weighted by Crippen LogP contribution is -2.09. The molecule has 1 N–H and O–H groups in total. The summed E-state index contributed by atoms with van der Waals surface area (Å²) in [4.78, 5) is 16.0. The summed E-state index contributed by atoms with van der Waals surface area (Å²) in [6.45, 7) is 0. The van der Waals surface area contributed by atoms with Crippen LogP contribution in [0.3, 0.4) is 0 Å². The molecular weight excluding hydrogens is 342 g/mol. The van der Waals surface area contributed by atoms with Crippen molar-refractivity contribution < 1.29 is 14.3 Å². The monoisotopic (exact) mass is 353 g/mol. The number of methoxy groups -OCH3 is 1. The molecule has 0 fully saturated rings. The number of benzene rings is 2. The van der Waals surface area contributed by atoms with Crippen LogP contribution in [0.1, 0.15) is 5.56 Å². The molecule has 0 saturated heterocycles. The van der Waals surface area contributed by atoms with Crippen molar-refractivity contribution in [3.8, 4) is 5.75 Å². The summed E-state index contributed by atoms with van der Waals surface area (Å²) in [5.41, 5.74) is 0.892. The lowest BCUT2D eigenvalue weighted by molar-refractivity contribution is 0.406. The first kappa shape index (κ1) is 15.5. The number of aliphatic hydroxyl groups is 1. The maximum absolute atomic E-state index is 12.0.